The van der Waals surface area contributed by atoms with Crippen LogP contribution in [-0.4, -0.2) is 23.1 Å². The maximum Gasteiger partial charge on any atom is 0.133 e. The van der Waals surface area contributed by atoms with Gasteiger partial charge in [-0.1, -0.05) is 35.4 Å². The van der Waals surface area contributed by atoms with Crippen LogP contribution < -0.4 is 0 Å². The molecule has 0 rings (SSSR count). The maximum absolute atomic E-state index is 11.2. The first-order valence-electron chi connectivity index (χ1n) is 5.78. The van der Waals surface area contributed by atoms with Gasteiger partial charge in [0.2, 0.25) is 0 Å². The van der Waals surface area contributed by atoms with Gasteiger partial charge in [0.15, 0.2) is 0 Å². The van der Waals surface area contributed by atoms with Crippen LogP contribution in [0.4, 0.5) is 0 Å². The summed E-state index contributed by atoms with van der Waals surface area (Å²) in [7, 11) is 3.44. The molecule has 0 unspecified atom stereocenters. The molecule has 0 aliphatic rings. The molecule has 0 amide bonds. The fourth-order valence-corrected chi connectivity index (χ4v) is 4.33. The summed E-state index contributed by atoms with van der Waals surface area (Å²) in [5.74, 6) is 2.63. The lowest BCUT2D eigenvalue weighted by Gasteiger charge is -2.12. The topological polar surface area (TPSA) is 34.1 Å². The van der Waals surface area contributed by atoms with Crippen molar-refractivity contribution in [2.45, 2.75) is 40.5 Å². The first-order chi connectivity index (χ1) is 7.52. The van der Waals surface area contributed by atoms with Gasteiger partial charge in [0.25, 0.3) is 0 Å². The molecule has 94 valence electrons. The van der Waals surface area contributed by atoms with Crippen LogP contribution in [-0.2, 0) is 9.59 Å². The SMILES string of the molecule is CC[C@@H](CSSC[C@H](CC)C(C)=O)C(C)=O. The molecule has 0 aromatic carbocycles. The second-order valence-electron chi connectivity index (χ2n) is 4.00. The Morgan fingerprint density at radius 3 is 1.38 bits per heavy atom. The van der Waals surface area contributed by atoms with E-state index in [2.05, 4.69) is 0 Å². The lowest BCUT2D eigenvalue weighted by Crippen LogP contribution is -2.13. The summed E-state index contributed by atoms with van der Waals surface area (Å²) < 4.78 is 0. The standard InChI is InChI=1S/C12H22O2S2/c1-5-11(9(3)13)7-15-16-8-12(6-2)10(4)14/h11-12H,5-8H2,1-4H3/t11-,12-/m0/s1. The van der Waals surface area contributed by atoms with E-state index in [9.17, 15) is 9.59 Å². The van der Waals surface area contributed by atoms with Crippen LogP contribution >= 0.6 is 21.6 Å². The van der Waals surface area contributed by atoms with Crippen LogP contribution in [0.5, 0.6) is 0 Å². The van der Waals surface area contributed by atoms with Gasteiger partial charge in [-0.15, -0.1) is 0 Å². The van der Waals surface area contributed by atoms with Crippen molar-refractivity contribution in [3.63, 3.8) is 0 Å². The van der Waals surface area contributed by atoms with Crippen molar-refractivity contribution in [3.05, 3.63) is 0 Å². The smallest absolute Gasteiger partial charge is 0.133 e. The number of carbonyl (C=O) groups excluding carboxylic acids is 2. The molecule has 0 heterocycles. The molecule has 0 bridgehead atoms. The zero-order valence-corrected chi connectivity index (χ0v) is 12.2. The fourth-order valence-electron chi connectivity index (χ4n) is 1.31. The van der Waals surface area contributed by atoms with Crippen LogP contribution in [0.1, 0.15) is 40.5 Å². The second kappa shape index (κ2) is 9.11. The number of hydrogen-bond donors (Lipinski definition) is 0. The van der Waals surface area contributed by atoms with Crippen molar-refractivity contribution >= 4 is 33.2 Å². The molecule has 0 N–H and O–H groups in total. The quantitative estimate of drug-likeness (QED) is 0.470. The van der Waals surface area contributed by atoms with E-state index < -0.39 is 0 Å². The average Bonchev–Trinajstić information content (AvgIpc) is 2.22. The first-order valence-corrected chi connectivity index (χ1v) is 8.26. The van der Waals surface area contributed by atoms with Crippen LogP contribution in [0.3, 0.4) is 0 Å². The summed E-state index contributed by atoms with van der Waals surface area (Å²) in [6, 6.07) is 0. The Balaban J connectivity index is 3.73. The third-order valence-electron chi connectivity index (χ3n) is 2.76. The largest absolute Gasteiger partial charge is 0.300 e. The summed E-state index contributed by atoms with van der Waals surface area (Å²) in [6.45, 7) is 7.40. The van der Waals surface area contributed by atoms with Crippen LogP contribution in [0, 0.1) is 11.8 Å². The molecule has 0 aromatic rings. The molecule has 0 saturated carbocycles. The average molecular weight is 262 g/mol. The molecule has 0 saturated heterocycles. The van der Waals surface area contributed by atoms with Gasteiger partial charge in [0.1, 0.15) is 11.6 Å². The van der Waals surface area contributed by atoms with E-state index >= 15 is 0 Å². The minimum Gasteiger partial charge on any atom is -0.300 e. The molecule has 0 radical (unpaired) electrons. The Bertz CT molecular complexity index is 205. The zero-order chi connectivity index (χ0) is 12.6. The van der Waals surface area contributed by atoms with E-state index in [4.69, 9.17) is 0 Å². The Hall–Kier alpha value is 0.0400. The monoisotopic (exact) mass is 262 g/mol. The third-order valence-corrected chi connectivity index (χ3v) is 5.32. The van der Waals surface area contributed by atoms with Crippen LogP contribution in [0.15, 0.2) is 0 Å². The Kier molecular flexibility index (Phi) is 9.13. The lowest BCUT2D eigenvalue weighted by molar-refractivity contribution is -0.120. The summed E-state index contributed by atoms with van der Waals surface area (Å²) in [5, 5.41) is 0. The number of rotatable bonds is 9. The molecule has 2 atom stereocenters. The van der Waals surface area contributed by atoms with Gasteiger partial charge in [0.05, 0.1) is 0 Å². The lowest BCUT2D eigenvalue weighted by atomic mass is 10.1. The number of ketones is 2. The molecular formula is C12H22O2S2. The summed E-state index contributed by atoms with van der Waals surface area (Å²) in [5.41, 5.74) is 0. The van der Waals surface area contributed by atoms with Crippen molar-refractivity contribution in [2.24, 2.45) is 11.8 Å². The number of Topliss-reactive ketones (excluding diaryl/α,β-unsaturated/α-hetero) is 2. The molecule has 16 heavy (non-hydrogen) atoms. The molecule has 0 aliphatic carbocycles. The van der Waals surface area contributed by atoms with E-state index in [-0.39, 0.29) is 23.4 Å². The van der Waals surface area contributed by atoms with Gasteiger partial charge < -0.3 is 0 Å². The van der Waals surface area contributed by atoms with E-state index in [1.54, 1.807) is 35.4 Å². The number of carbonyl (C=O) groups is 2. The highest BCUT2D eigenvalue weighted by atomic mass is 33.1. The highest BCUT2D eigenvalue weighted by Gasteiger charge is 2.14. The van der Waals surface area contributed by atoms with Gasteiger partial charge in [-0.2, -0.15) is 0 Å². The van der Waals surface area contributed by atoms with E-state index in [0.29, 0.717) is 0 Å². The number of hydrogen-bond acceptors (Lipinski definition) is 4. The highest BCUT2D eigenvalue weighted by molar-refractivity contribution is 8.76. The van der Waals surface area contributed by atoms with Crippen molar-refractivity contribution in [2.75, 3.05) is 11.5 Å². The van der Waals surface area contributed by atoms with Crippen LogP contribution in [0.25, 0.3) is 0 Å². The maximum atomic E-state index is 11.2. The second-order valence-corrected chi connectivity index (χ2v) is 6.55. The van der Waals surface area contributed by atoms with Crippen molar-refractivity contribution in [1.29, 1.82) is 0 Å². The molecule has 4 heteroatoms. The predicted molar refractivity (Wildman–Crippen MR) is 73.8 cm³/mol. The van der Waals surface area contributed by atoms with Gasteiger partial charge >= 0.3 is 0 Å². The molecule has 0 aromatic heterocycles. The minimum absolute atomic E-state index is 0.176. The van der Waals surface area contributed by atoms with Gasteiger partial charge in [0, 0.05) is 23.3 Å². The third kappa shape index (κ3) is 6.59. The van der Waals surface area contributed by atoms with Gasteiger partial charge in [-0.3, -0.25) is 9.59 Å². The van der Waals surface area contributed by atoms with Crippen molar-refractivity contribution < 1.29 is 9.59 Å². The van der Waals surface area contributed by atoms with E-state index in [1.807, 2.05) is 13.8 Å². The molecular weight excluding hydrogens is 240 g/mol. The zero-order valence-electron chi connectivity index (χ0n) is 10.6. The molecule has 2 nitrogen and oxygen atoms in total. The normalized spacial score (nSPS) is 14.5. The summed E-state index contributed by atoms with van der Waals surface area (Å²) in [6.07, 6.45) is 1.82. The predicted octanol–water partition coefficient (Wildman–Crippen LogP) is 3.60. The van der Waals surface area contributed by atoms with E-state index in [1.165, 1.54) is 0 Å². The van der Waals surface area contributed by atoms with Crippen molar-refractivity contribution in [3.8, 4) is 0 Å². The molecule has 0 aliphatic heterocycles. The van der Waals surface area contributed by atoms with Crippen LogP contribution in [0.2, 0.25) is 0 Å². The van der Waals surface area contributed by atoms with E-state index in [0.717, 1.165) is 24.3 Å². The van der Waals surface area contributed by atoms with Crippen molar-refractivity contribution in [1.82, 2.24) is 0 Å². The Labute approximate surface area is 107 Å². The Morgan fingerprint density at radius 1 is 0.875 bits per heavy atom. The highest BCUT2D eigenvalue weighted by Crippen LogP contribution is 2.28. The van der Waals surface area contributed by atoms with Gasteiger partial charge in [-0.25, -0.2) is 0 Å². The Morgan fingerprint density at radius 2 is 1.19 bits per heavy atom. The molecule has 0 fully saturated rings. The fraction of sp³-hybridized carbons (Fsp3) is 0.833. The van der Waals surface area contributed by atoms with Gasteiger partial charge in [-0.05, 0) is 26.7 Å². The summed E-state index contributed by atoms with van der Waals surface area (Å²) >= 11 is 0. The molecule has 0 spiro atoms. The minimum atomic E-state index is 0.176. The summed E-state index contributed by atoms with van der Waals surface area (Å²) in [4.78, 5) is 22.4. The first kappa shape index (κ1) is 16.0.